The third-order valence-corrected chi connectivity index (χ3v) is 3.38. The normalized spacial score (nSPS) is 10.8. The van der Waals surface area contributed by atoms with E-state index in [0.717, 1.165) is 10.8 Å². The van der Waals surface area contributed by atoms with Gasteiger partial charge in [0.1, 0.15) is 5.03 Å². The maximum Gasteiger partial charge on any atom is 0.106 e. The molecule has 1 aromatic rings. The van der Waals surface area contributed by atoms with Crippen molar-refractivity contribution in [3.63, 3.8) is 0 Å². The molecule has 6 heteroatoms. The van der Waals surface area contributed by atoms with Crippen molar-refractivity contribution in [2.45, 2.75) is 5.03 Å². The highest BCUT2D eigenvalue weighted by atomic mass is 33.1. The summed E-state index contributed by atoms with van der Waals surface area (Å²) in [5.41, 5.74) is 0. The van der Waals surface area contributed by atoms with Crippen LogP contribution in [-0.4, -0.2) is 17.3 Å². The van der Waals surface area contributed by atoms with Crippen molar-refractivity contribution in [1.29, 1.82) is 0 Å². The van der Waals surface area contributed by atoms with Crippen LogP contribution in [0.2, 0.25) is 0 Å². The zero-order valence-electron chi connectivity index (χ0n) is 6.96. The van der Waals surface area contributed by atoms with Gasteiger partial charge >= 0.3 is 0 Å². The Labute approximate surface area is 84.8 Å². The minimum atomic E-state index is 0.654. The fourth-order valence-corrected chi connectivity index (χ4v) is 2.36. The van der Waals surface area contributed by atoms with E-state index in [4.69, 9.17) is 5.84 Å². The largest absolute Gasteiger partial charge is 0.305 e. The summed E-state index contributed by atoms with van der Waals surface area (Å²) in [7, 11) is 3.33. The molecule has 0 aliphatic rings. The highest BCUT2D eigenvalue weighted by Crippen LogP contribution is 2.28. The van der Waals surface area contributed by atoms with Crippen LogP contribution in [0.3, 0.4) is 0 Å². The summed E-state index contributed by atoms with van der Waals surface area (Å²) in [6, 6.07) is 5.84. The summed E-state index contributed by atoms with van der Waals surface area (Å²) in [5.74, 6) is 5.74. The number of pyridine rings is 1. The summed E-state index contributed by atoms with van der Waals surface area (Å²) in [4.78, 5) is 4.16. The average molecular weight is 214 g/mol. The van der Waals surface area contributed by atoms with Crippen LogP contribution in [-0.2, 0) is 0 Å². The van der Waals surface area contributed by atoms with Crippen molar-refractivity contribution in [2.75, 3.05) is 12.3 Å². The number of nitrogens with two attached hydrogens (primary N) is 1. The molecule has 0 aliphatic heterocycles. The summed E-state index contributed by atoms with van der Waals surface area (Å²) in [5, 5.41) is 7.83. The fraction of sp³-hybridized carbons (Fsp3) is 0.286. The van der Waals surface area contributed by atoms with E-state index in [9.17, 15) is 0 Å². The molecule has 0 aliphatic carbocycles. The topological polar surface area (TPSA) is 63.6 Å². The molecule has 0 amide bonds. The summed E-state index contributed by atoms with van der Waals surface area (Å²) < 4.78 is 0. The molecule has 1 aromatic heterocycles. The molecule has 1 heterocycles. The lowest BCUT2D eigenvalue weighted by atomic mass is 10.5. The lowest BCUT2D eigenvalue weighted by Gasteiger charge is -1.96. The Morgan fingerprint density at radius 3 is 3.08 bits per heavy atom. The van der Waals surface area contributed by atoms with Crippen LogP contribution < -0.4 is 5.84 Å². The molecule has 0 aromatic carbocycles. The van der Waals surface area contributed by atoms with E-state index >= 15 is 0 Å². The van der Waals surface area contributed by atoms with Crippen LogP contribution >= 0.6 is 21.6 Å². The van der Waals surface area contributed by atoms with Gasteiger partial charge in [-0.05, 0) is 22.9 Å². The molecule has 2 N–H and O–H groups in total. The predicted molar refractivity (Wildman–Crippen MR) is 56.5 cm³/mol. The fourth-order valence-electron chi connectivity index (χ4n) is 0.634. The summed E-state index contributed by atoms with van der Waals surface area (Å²) in [6.07, 6.45) is 1.78. The number of rotatable bonds is 5. The number of aromatic nitrogens is 1. The molecular formula is C7H10N4S2. The van der Waals surface area contributed by atoms with Gasteiger partial charge in [-0.1, -0.05) is 22.1 Å². The molecule has 0 saturated heterocycles. The Bertz CT molecular complexity index is 252. The molecule has 13 heavy (non-hydrogen) atoms. The van der Waals surface area contributed by atoms with E-state index in [2.05, 4.69) is 15.3 Å². The maximum atomic E-state index is 4.85. The van der Waals surface area contributed by atoms with Gasteiger partial charge in [0.2, 0.25) is 0 Å². The molecule has 0 atom stereocenters. The smallest absolute Gasteiger partial charge is 0.106 e. The second-order valence-electron chi connectivity index (χ2n) is 2.05. The highest BCUT2D eigenvalue weighted by Gasteiger charge is 1.93. The third-order valence-electron chi connectivity index (χ3n) is 1.14. The van der Waals surface area contributed by atoms with E-state index in [0.29, 0.717) is 6.54 Å². The Morgan fingerprint density at radius 2 is 2.38 bits per heavy atom. The van der Waals surface area contributed by atoms with Gasteiger partial charge in [-0.2, -0.15) is 5.11 Å². The molecule has 70 valence electrons. The zero-order valence-corrected chi connectivity index (χ0v) is 8.59. The van der Waals surface area contributed by atoms with Crippen molar-refractivity contribution >= 4 is 21.6 Å². The van der Waals surface area contributed by atoms with Gasteiger partial charge in [-0.25, -0.2) is 4.98 Å². The summed E-state index contributed by atoms with van der Waals surface area (Å²) >= 11 is 0. The maximum absolute atomic E-state index is 4.85. The molecule has 0 saturated carbocycles. The van der Waals surface area contributed by atoms with Gasteiger partial charge in [-0.15, -0.1) is 0 Å². The first-order valence-electron chi connectivity index (χ1n) is 3.70. The first-order valence-corrected chi connectivity index (χ1v) is 6.02. The third kappa shape index (κ3) is 4.74. The van der Waals surface area contributed by atoms with Crippen LogP contribution in [0.4, 0.5) is 0 Å². The van der Waals surface area contributed by atoms with E-state index in [1.165, 1.54) is 0 Å². The van der Waals surface area contributed by atoms with Gasteiger partial charge in [0.15, 0.2) is 0 Å². The van der Waals surface area contributed by atoms with Crippen molar-refractivity contribution in [3.05, 3.63) is 24.4 Å². The molecule has 0 radical (unpaired) electrons. The first-order chi connectivity index (χ1) is 6.43. The van der Waals surface area contributed by atoms with Crippen LogP contribution in [0, 0.1) is 0 Å². The van der Waals surface area contributed by atoms with Crippen molar-refractivity contribution < 1.29 is 0 Å². The van der Waals surface area contributed by atoms with Crippen molar-refractivity contribution in [1.82, 2.24) is 4.98 Å². The molecule has 0 fully saturated rings. The highest BCUT2D eigenvalue weighted by molar-refractivity contribution is 8.76. The monoisotopic (exact) mass is 214 g/mol. The minimum absolute atomic E-state index is 0.654. The Hall–Kier alpha value is -0.750. The number of nitrogens with zero attached hydrogens (tertiary/aromatic N) is 3. The second-order valence-corrected chi connectivity index (χ2v) is 4.49. The van der Waals surface area contributed by atoms with Crippen LogP contribution in [0.15, 0.2) is 39.8 Å². The number of hydrogen-bond acceptors (Lipinski definition) is 5. The molecular weight excluding hydrogens is 204 g/mol. The van der Waals surface area contributed by atoms with Gasteiger partial charge in [0.25, 0.3) is 0 Å². The summed E-state index contributed by atoms with van der Waals surface area (Å²) in [6.45, 7) is 0.654. The molecule has 0 unspecified atom stereocenters. The lowest BCUT2D eigenvalue weighted by molar-refractivity contribution is 0.934. The first kappa shape index (κ1) is 10.3. The quantitative estimate of drug-likeness (QED) is 0.268. The Kier molecular flexibility index (Phi) is 5.35. The molecule has 4 nitrogen and oxygen atoms in total. The Balaban J connectivity index is 2.13. The standard InChI is InChI=1S/C7H10N4S2/c8-11-10-5-6-12-13-7-3-1-2-4-9-7/h1-4H,5-6H2,(H2,8,10). The van der Waals surface area contributed by atoms with Gasteiger partial charge < -0.3 is 5.84 Å². The Morgan fingerprint density at radius 1 is 1.46 bits per heavy atom. The molecule has 0 spiro atoms. The molecule has 0 bridgehead atoms. The van der Waals surface area contributed by atoms with Crippen molar-refractivity contribution in [2.24, 2.45) is 16.2 Å². The zero-order chi connectivity index (χ0) is 9.36. The van der Waals surface area contributed by atoms with Crippen LogP contribution in [0.5, 0.6) is 0 Å². The van der Waals surface area contributed by atoms with Gasteiger partial charge in [0.05, 0.1) is 6.54 Å². The predicted octanol–water partition coefficient (Wildman–Crippen LogP) is 2.15. The van der Waals surface area contributed by atoms with E-state index in [-0.39, 0.29) is 0 Å². The average Bonchev–Trinajstić information content (AvgIpc) is 2.19. The minimum Gasteiger partial charge on any atom is -0.305 e. The van der Waals surface area contributed by atoms with E-state index in [1.807, 2.05) is 18.2 Å². The van der Waals surface area contributed by atoms with Crippen LogP contribution in [0.25, 0.3) is 0 Å². The molecule has 1 rings (SSSR count). The second kappa shape index (κ2) is 6.73. The van der Waals surface area contributed by atoms with Crippen LogP contribution in [0.1, 0.15) is 0 Å². The van der Waals surface area contributed by atoms with E-state index in [1.54, 1.807) is 27.8 Å². The van der Waals surface area contributed by atoms with Gasteiger partial charge in [-0.3, -0.25) is 0 Å². The van der Waals surface area contributed by atoms with E-state index < -0.39 is 0 Å². The van der Waals surface area contributed by atoms with Crippen molar-refractivity contribution in [3.8, 4) is 0 Å². The number of hydrogen-bond donors (Lipinski definition) is 1. The lowest BCUT2D eigenvalue weighted by Crippen LogP contribution is -1.84. The van der Waals surface area contributed by atoms with Gasteiger partial charge in [0, 0.05) is 11.9 Å². The SMILES string of the molecule is NN=NCCSSc1ccccn1.